The predicted molar refractivity (Wildman–Crippen MR) is 95.0 cm³/mol. The number of hydrogen-bond acceptors (Lipinski definition) is 2. The van der Waals surface area contributed by atoms with Crippen LogP contribution in [-0.4, -0.2) is 14.8 Å². The molecule has 0 fully saturated rings. The van der Waals surface area contributed by atoms with Crippen LogP contribution in [0.2, 0.25) is 5.02 Å². The van der Waals surface area contributed by atoms with Crippen LogP contribution in [0.25, 0.3) is 16.9 Å². The molecule has 0 amide bonds. The van der Waals surface area contributed by atoms with Crippen LogP contribution in [0.5, 0.6) is 0 Å². The van der Waals surface area contributed by atoms with Crippen molar-refractivity contribution in [2.75, 3.05) is 0 Å². The molecule has 0 aliphatic rings. The second kappa shape index (κ2) is 6.59. The van der Waals surface area contributed by atoms with Crippen molar-refractivity contribution in [2.45, 2.75) is 24.3 Å². The number of imidazole rings is 1. The maximum absolute atomic E-state index is 6.02. The smallest absolute Gasteiger partial charge is 0.173 e. The van der Waals surface area contributed by atoms with Crippen molar-refractivity contribution < 1.29 is 0 Å². The molecule has 2 aromatic carbocycles. The van der Waals surface area contributed by atoms with Gasteiger partial charge in [-0.2, -0.15) is 0 Å². The monoisotopic (exact) mass is 328 g/mol. The van der Waals surface area contributed by atoms with Gasteiger partial charge < -0.3 is 0 Å². The van der Waals surface area contributed by atoms with Crippen LogP contribution in [-0.2, 0) is 0 Å². The van der Waals surface area contributed by atoms with E-state index in [1.165, 1.54) is 0 Å². The number of nitrogens with zero attached hydrogens (tertiary/aromatic N) is 2. The van der Waals surface area contributed by atoms with Gasteiger partial charge in [-0.25, -0.2) is 4.98 Å². The van der Waals surface area contributed by atoms with Gasteiger partial charge in [0.1, 0.15) is 0 Å². The van der Waals surface area contributed by atoms with Gasteiger partial charge in [0, 0.05) is 21.5 Å². The third kappa shape index (κ3) is 3.21. The average Bonchev–Trinajstić information content (AvgIpc) is 2.92. The van der Waals surface area contributed by atoms with Gasteiger partial charge in [-0.15, -0.1) is 0 Å². The number of halogens is 1. The van der Waals surface area contributed by atoms with Crippen LogP contribution >= 0.6 is 23.4 Å². The molecule has 112 valence electrons. The normalized spacial score (nSPS) is 11.1. The summed E-state index contributed by atoms with van der Waals surface area (Å²) >= 11 is 7.78. The molecule has 0 bridgehead atoms. The fourth-order valence-electron chi connectivity index (χ4n) is 2.28. The lowest BCUT2D eigenvalue weighted by molar-refractivity contribution is 0.893. The number of thioether (sulfide) groups is 1. The van der Waals surface area contributed by atoms with Gasteiger partial charge in [0.25, 0.3) is 0 Å². The molecule has 0 radical (unpaired) electrons. The minimum atomic E-state index is 0.470. The minimum absolute atomic E-state index is 0.470. The summed E-state index contributed by atoms with van der Waals surface area (Å²) in [4.78, 5) is 4.62. The second-order valence-corrected chi connectivity index (χ2v) is 7.25. The van der Waals surface area contributed by atoms with Gasteiger partial charge in [0.2, 0.25) is 0 Å². The van der Waals surface area contributed by atoms with Crippen LogP contribution in [0.1, 0.15) is 13.8 Å². The van der Waals surface area contributed by atoms with Gasteiger partial charge >= 0.3 is 0 Å². The SMILES string of the molecule is CC(C)Sc1ncc(-c2ccccc2)n1-c1ccc(Cl)cc1. The maximum Gasteiger partial charge on any atom is 0.173 e. The number of rotatable bonds is 4. The first kappa shape index (κ1) is 15.2. The molecule has 0 saturated carbocycles. The molecule has 0 spiro atoms. The first-order valence-corrected chi connectivity index (χ1v) is 8.46. The van der Waals surface area contributed by atoms with Crippen LogP contribution in [0, 0.1) is 0 Å². The first-order valence-electron chi connectivity index (χ1n) is 7.21. The third-order valence-electron chi connectivity index (χ3n) is 3.22. The van der Waals surface area contributed by atoms with Gasteiger partial charge in [0.15, 0.2) is 5.16 Å². The maximum atomic E-state index is 6.02. The number of hydrogen-bond donors (Lipinski definition) is 0. The Morgan fingerprint density at radius 1 is 1.00 bits per heavy atom. The summed E-state index contributed by atoms with van der Waals surface area (Å²) in [5.74, 6) is 0. The Morgan fingerprint density at radius 3 is 2.32 bits per heavy atom. The van der Waals surface area contributed by atoms with Crippen molar-refractivity contribution in [3.8, 4) is 16.9 Å². The summed E-state index contributed by atoms with van der Waals surface area (Å²) in [7, 11) is 0. The van der Waals surface area contributed by atoms with Gasteiger partial charge in [-0.05, 0) is 24.3 Å². The fraction of sp³-hybridized carbons (Fsp3) is 0.167. The van der Waals surface area contributed by atoms with E-state index in [1.807, 2.05) is 48.7 Å². The summed E-state index contributed by atoms with van der Waals surface area (Å²) in [5, 5.41) is 2.21. The lowest BCUT2D eigenvalue weighted by atomic mass is 10.1. The molecule has 0 N–H and O–H groups in total. The van der Waals surface area contributed by atoms with Crippen molar-refractivity contribution in [3.63, 3.8) is 0 Å². The lowest BCUT2D eigenvalue weighted by Crippen LogP contribution is -2.00. The Labute approximate surface area is 140 Å². The number of aromatic nitrogens is 2. The molecular weight excluding hydrogens is 312 g/mol. The Bertz CT molecular complexity index is 749. The van der Waals surface area contributed by atoms with E-state index in [1.54, 1.807) is 11.8 Å². The molecular formula is C18H17ClN2S. The lowest BCUT2D eigenvalue weighted by Gasteiger charge is -2.13. The van der Waals surface area contributed by atoms with E-state index in [9.17, 15) is 0 Å². The molecule has 3 rings (SSSR count). The van der Waals surface area contributed by atoms with E-state index in [-0.39, 0.29) is 0 Å². The first-order chi connectivity index (χ1) is 10.6. The summed E-state index contributed by atoms with van der Waals surface area (Å²) < 4.78 is 2.19. The van der Waals surface area contributed by atoms with Crippen molar-refractivity contribution in [1.29, 1.82) is 0 Å². The van der Waals surface area contributed by atoms with Crippen LogP contribution < -0.4 is 0 Å². The molecule has 3 aromatic rings. The Kier molecular flexibility index (Phi) is 4.55. The standard InChI is InChI=1S/C18H17ClN2S/c1-13(2)22-18-20-12-17(14-6-4-3-5-7-14)21(18)16-10-8-15(19)9-11-16/h3-13H,1-2H3. The molecule has 0 aliphatic heterocycles. The van der Waals surface area contributed by atoms with E-state index in [2.05, 4.69) is 35.5 Å². The van der Waals surface area contributed by atoms with E-state index in [0.717, 1.165) is 27.1 Å². The van der Waals surface area contributed by atoms with Gasteiger partial charge in [-0.1, -0.05) is 67.5 Å². The molecule has 1 aromatic heterocycles. The van der Waals surface area contributed by atoms with Crippen LogP contribution in [0.4, 0.5) is 0 Å². The largest absolute Gasteiger partial charge is 0.287 e. The summed E-state index contributed by atoms with van der Waals surface area (Å²) in [5.41, 5.74) is 3.32. The van der Waals surface area contributed by atoms with Gasteiger partial charge in [-0.3, -0.25) is 4.57 Å². The Morgan fingerprint density at radius 2 is 1.68 bits per heavy atom. The highest BCUT2D eigenvalue weighted by Crippen LogP contribution is 2.31. The van der Waals surface area contributed by atoms with Crippen molar-refractivity contribution in [1.82, 2.24) is 9.55 Å². The topological polar surface area (TPSA) is 17.8 Å². The molecule has 2 nitrogen and oxygen atoms in total. The zero-order valence-corrected chi connectivity index (χ0v) is 14.1. The van der Waals surface area contributed by atoms with Crippen molar-refractivity contribution in [2.24, 2.45) is 0 Å². The molecule has 1 heterocycles. The predicted octanol–water partition coefficient (Wildman–Crippen LogP) is 5.69. The highest BCUT2D eigenvalue weighted by atomic mass is 35.5. The van der Waals surface area contributed by atoms with Crippen LogP contribution in [0.3, 0.4) is 0 Å². The zero-order chi connectivity index (χ0) is 15.5. The van der Waals surface area contributed by atoms with Crippen LogP contribution in [0.15, 0.2) is 66.0 Å². The fourth-order valence-corrected chi connectivity index (χ4v) is 3.25. The molecule has 0 aliphatic carbocycles. The molecule has 0 unspecified atom stereocenters. The zero-order valence-electron chi connectivity index (χ0n) is 12.5. The van der Waals surface area contributed by atoms with Gasteiger partial charge in [0.05, 0.1) is 11.9 Å². The molecule has 0 atom stereocenters. The quantitative estimate of drug-likeness (QED) is 0.572. The summed E-state index contributed by atoms with van der Waals surface area (Å²) in [6.45, 7) is 4.35. The van der Waals surface area contributed by atoms with Crippen molar-refractivity contribution >= 4 is 23.4 Å². The van der Waals surface area contributed by atoms with E-state index in [0.29, 0.717) is 5.25 Å². The summed E-state index contributed by atoms with van der Waals surface area (Å²) in [6.07, 6.45) is 1.94. The second-order valence-electron chi connectivity index (χ2n) is 5.27. The molecule has 22 heavy (non-hydrogen) atoms. The Balaban J connectivity index is 2.15. The van der Waals surface area contributed by atoms with E-state index < -0.39 is 0 Å². The highest BCUT2D eigenvalue weighted by Gasteiger charge is 2.15. The number of benzene rings is 2. The van der Waals surface area contributed by atoms with E-state index in [4.69, 9.17) is 11.6 Å². The highest BCUT2D eigenvalue weighted by molar-refractivity contribution is 7.99. The summed E-state index contributed by atoms with van der Waals surface area (Å²) in [6, 6.07) is 18.2. The van der Waals surface area contributed by atoms with E-state index >= 15 is 0 Å². The Hall–Kier alpha value is -1.71. The average molecular weight is 329 g/mol. The molecule has 0 saturated heterocycles. The minimum Gasteiger partial charge on any atom is -0.287 e. The third-order valence-corrected chi connectivity index (χ3v) is 4.45. The molecule has 4 heteroatoms. The van der Waals surface area contributed by atoms with Crippen molar-refractivity contribution in [3.05, 3.63) is 65.8 Å².